The number of anilines is 2. The van der Waals surface area contributed by atoms with Gasteiger partial charge in [0, 0.05) is 11.1 Å². The quantitative estimate of drug-likeness (QED) is 0.651. The molecule has 30 heavy (non-hydrogen) atoms. The fourth-order valence-electron chi connectivity index (χ4n) is 3.51. The van der Waals surface area contributed by atoms with Crippen LogP contribution >= 0.6 is 0 Å². The second kappa shape index (κ2) is 7.82. The summed E-state index contributed by atoms with van der Waals surface area (Å²) in [6.07, 6.45) is -0.0609. The standard InChI is InChI=1S/C22H20N4O4/c1-13-19(14-8-4-3-5-9-14)25-26-17(12-18(27)24-20(13)26)21(28)23-16-11-7-6-10-15(16)22(29)30-2/h3-11,17H,12H2,1-2H3,(H,23,28)(H,24,27). The number of benzene rings is 2. The number of nitrogens with one attached hydrogen (secondary N) is 2. The number of nitrogens with zero attached hydrogens (tertiary/aromatic N) is 2. The summed E-state index contributed by atoms with van der Waals surface area (Å²) >= 11 is 0. The van der Waals surface area contributed by atoms with Crippen LogP contribution in [0.15, 0.2) is 54.6 Å². The highest BCUT2D eigenvalue weighted by Crippen LogP contribution is 2.34. The van der Waals surface area contributed by atoms with Gasteiger partial charge >= 0.3 is 5.97 Å². The van der Waals surface area contributed by atoms with Crippen LogP contribution in [0.1, 0.15) is 28.4 Å². The highest BCUT2D eigenvalue weighted by molar-refractivity contribution is 6.05. The molecule has 2 heterocycles. The Balaban J connectivity index is 1.70. The van der Waals surface area contributed by atoms with Crippen LogP contribution < -0.4 is 10.6 Å². The van der Waals surface area contributed by atoms with Crippen molar-refractivity contribution in [1.82, 2.24) is 9.78 Å². The van der Waals surface area contributed by atoms with Crippen molar-refractivity contribution in [2.45, 2.75) is 19.4 Å². The molecule has 4 rings (SSSR count). The molecule has 2 amide bonds. The van der Waals surface area contributed by atoms with Crippen molar-refractivity contribution in [1.29, 1.82) is 0 Å². The number of esters is 1. The first kappa shape index (κ1) is 19.4. The van der Waals surface area contributed by atoms with E-state index in [9.17, 15) is 14.4 Å². The molecule has 0 bridgehead atoms. The molecule has 0 saturated carbocycles. The fraction of sp³-hybridized carbons (Fsp3) is 0.182. The molecule has 1 unspecified atom stereocenters. The number of amides is 2. The van der Waals surface area contributed by atoms with Gasteiger partial charge in [0.1, 0.15) is 11.9 Å². The molecule has 8 nitrogen and oxygen atoms in total. The molecule has 2 aromatic carbocycles. The molecule has 0 aliphatic carbocycles. The summed E-state index contributed by atoms with van der Waals surface area (Å²) in [6, 6.07) is 15.3. The van der Waals surface area contributed by atoms with Gasteiger partial charge in [-0.05, 0) is 19.1 Å². The summed E-state index contributed by atoms with van der Waals surface area (Å²) in [5, 5.41) is 10.2. The number of rotatable bonds is 4. The molecule has 0 spiro atoms. The van der Waals surface area contributed by atoms with Gasteiger partial charge in [0.15, 0.2) is 0 Å². The molecule has 1 aromatic heterocycles. The highest BCUT2D eigenvalue weighted by Gasteiger charge is 2.34. The number of carbonyl (C=O) groups excluding carboxylic acids is 3. The van der Waals surface area contributed by atoms with Crippen molar-refractivity contribution in [3.63, 3.8) is 0 Å². The fourth-order valence-corrected chi connectivity index (χ4v) is 3.51. The van der Waals surface area contributed by atoms with Gasteiger partial charge in [0.2, 0.25) is 11.8 Å². The van der Waals surface area contributed by atoms with E-state index >= 15 is 0 Å². The number of methoxy groups -OCH3 is 1. The molecule has 0 fully saturated rings. The third-order valence-electron chi connectivity index (χ3n) is 5.02. The van der Waals surface area contributed by atoms with Gasteiger partial charge in [-0.2, -0.15) is 5.10 Å². The summed E-state index contributed by atoms with van der Waals surface area (Å²) < 4.78 is 6.31. The molecule has 1 aliphatic rings. The van der Waals surface area contributed by atoms with Gasteiger partial charge in [-0.3, -0.25) is 9.59 Å². The van der Waals surface area contributed by atoms with Crippen LogP contribution in [0.4, 0.5) is 11.5 Å². The Morgan fingerprint density at radius 1 is 1.13 bits per heavy atom. The molecule has 1 atom stereocenters. The molecule has 3 aromatic rings. The predicted molar refractivity (Wildman–Crippen MR) is 111 cm³/mol. The van der Waals surface area contributed by atoms with Crippen LogP contribution in [-0.4, -0.2) is 34.7 Å². The van der Waals surface area contributed by atoms with Crippen molar-refractivity contribution in [2.24, 2.45) is 0 Å². The molecule has 1 aliphatic heterocycles. The summed E-state index contributed by atoms with van der Waals surface area (Å²) in [4.78, 5) is 37.4. The monoisotopic (exact) mass is 404 g/mol. The number of carbonyl (C=O) groups is 3. The van der Waals surface area contributed by atoms with E-state index in [4.69, 9.17) is 4.74 Å². The van der Waals surface area contributed by atoms with Crippen molar-refractivity contribution < 1.29 is 19.1 Å². The zero-order valence-corrected chi connectivity index (χ0v) is 16.5. The average molecular weight is 404 g/mol. The molecule has 152 valence electrons. The molecule has 2 N–H and O–H groups in total. The van der Waals surface area contributed by atoms with E-state index in [0.29, 0.717) is 17.2 Å². The van der Waals surface area contributed by atoms with Crippen LogP contribution in [0, 0.1) is 6.92 Å². The Hall–Kier alpha value is -3.94. The lowest BCUT2D eigenvalue weighted by Crippen LogP contribution is -2.36. The number of para-hydroxylation sites is 1. The minimum Gasteiger partial charge on any atom is -0.465 e. The van der Waals surface area contributed by atoms with Crippen LogP contribution in [0.25, 0.3) is 11.3 Å². The van der Waals surface area contributed by atoms with Crippen LogP contribution in [0.5, 0.6) is 0 Å². The normalized spacial score (nSPS) is 15.1. The number of hydrogen-bond donors (Lipinski definition) is 2. The Bertz CT molecular complexity index is 1140. The van der Waals surface area contributed by atoms with Crippen LogP contribution in [-0.2, 0) is 14.3 Å². The lowest BCUT2D eigenvalue weighted by Gasteiger charge is -2.24. The van der Waals surface area contributed by atoms with E-state index in [2.05, 4.69) is 15.7 Å². The zero-order valence-electron chi connectivity index (χ0n) is 16.5. The van der Waals surface area contributed by atoms with Crippen molar-refractivity contribution in [2.75, 3.05) is 17.7 Å². The first-order valence-electron chi connectivity index (χ1n) is 9.42. The maximum atomic E-state index is 13.1. The van der Waals surface area contributed by atoms with E-state index in [1.807, 2.05) is 37.3 Å². The van der Waals surface area contributed by atoms with E-state index < -0.39 is 17.9 Å². The molecular formula is C22H20N4O4. The SMILES string of the molecule is COC(=O)c1ccccc1NC(=O)C1CC(=O)Nc2c(C)c(-c3ccccc3)nn21. The van der Waals surface area contributed by atoms with E-state index in [0.717, 1.165) is 11.1 Å². The number of fused-ring (bicyclic) bond motifs is 1. The minimum absolute atomic E-state index is 0.0609. The third-order valence-corrected chi connectivity index (χ3v) is 5.02. The minimum atomic E-state index is -0.851. The largest absolute Gasteiger partial charge is 0.465 e. The zero-order chi connectivity index (χ0) is 21.3. The van der Waals surface area contributed by atoms with Gasteiger partial charge in [0.05, 0.1) is 30.5 Å². The first-order valence-corrected chi connectivity index (χ1v) is 9.42. The van der Waals surface area contributed by atoms with Crippen LogP contribution in [0.2, 0.25) is 0 Å². The summed E-state index contributed by atoms with van der Waals surface area (Å²) in [7, 11) is 1.27. The predicted octanol–water partition coefficient (Wildman–Crippen LogP) is 3.17. The van der Waals surface area contributed by atoms with Gasteiger partial charge in [-0.15, -0.1) is 0 Å². The first-order chi connectivity index (χ1) is 14.5. The second-order valence-corrected chi connectivity index (χ2v) is 6.93. The molecule has 0 radical (unpaired) electrons. The average Bonchev–Trinajstić information content (AvgIpc) is 3.10. The van der Waals surface area contributed by atoms with Crippen molar-refractivity contribution >= 4 is 29.3 Å². The Morgan fingerprint density at radius 3 is 2.57 bits per heavy atom. The van der Waals surface area contributed by atoms with Crippen molar-refractivity contribution in [3.8, 4) is 11.3 Å². The van der Waals surface area contributed by atoms with Gasteiger partial charge in [0.25, 0.3) is 0 Å². The molecule has 8 heteroatoms. The van der Waals surface area contributed by atoms with Gasteiger partial charge in [-0.25, -0.2) is 9.48 Å². The second-order valence-electron chi connectivity index (χ2n) is 6.93. The molecular weight excluding hydrogens is 384 g/mol. The maximum Gasteiger partial charge on any atom is 0.339 e. The maximum absolute atomic E-state index is 13.1. The topological polar surface area (TPSA) is 102 Å². The van der Waals surface area contributed by atoms with Gasteiger partial charge in [-0.1, -0.05) is 42.5 Å². The highest BCUT2D eigenvalue weighted by atomic mass is 16.5. The van der Waals surface area contributed by atoms with E-state index in [1.165, 1.54) is 11.8 Å². The Kier molecular flexibility index (Phi) is 5.05. The number of hydrogen-bond acceptors (Lipinski definition) is 5. The van der Waals surface area contributed by atoms with Crippen molar-refractivity contribution in [3.05, 3.63) is 65.7 Å². The van der Waals surface area contributed by atoms with Crippen LogP contribution in [0.3, 0.4) is 0 Å². The van der Waals surface area contributed by atoms with E-state index in [-0.39, 0.29) is 17.9 Å². The summed E-state index contributed by atoms with van der Waals surface area (Å²) in [5.74, 6) is -0.781. The third kappa shape index (κ3) is 3.43. The summed E-state index contributed by atoms with van der Waals surface area (Å²) in [6.45, 7) is 1.86. The number of ether oxygens (including phenoxy) is 1. The molecule has 0 saturated heterocycles. The Labute approximate surface area is 172 Å². The smallest absolute Gasteiger partial charge is 0.339 e. The van der Waals surface area contributed by atoms with Gasteiger partial charge < -0.3 is 15.4 Å². The lowest BCUT2D eigenvalue weighted by atomic mass is 10.1. The van der Waals surface area contributed by atoms with E-state index in [1.54, 1.807) is 24.3 Å². The Morgan fingerprint density at radius 2 is 1.83 bits per heavy atom. The number of aromatic nitrogens is 2. The summed E-state index contributed by atoms with van der Waals surface area (Å²) in [5.41, 5.74) is 2.91. The lowest BCUT2D eigenvalue weighted by molar-refractivity contribution is -0.125.